The molecule has 2 aliphatic heterocycles. The number of rotatable bonds is 2. The Morgan fingerprint density at radius 3 is 1.83 bits per heavy atom. The quantitative estimate of drug-likeness (QED) is 0.201. The van der Waals surface area contributed by atoms with Gasteiger partial charge in [-0.3, -0.25) is 4.98 Å². The minimum absolute atomic E-state index is 0.651. The van der Waals surface area contributed by atoms with E-state index in [1.807, 2.05) is 42.6 Å². The summed E-state index contributed by atoms with van der Waals surface area (Å²) in [6, 6.07) is 48.7. The Morgan fingerprint density at radius 1 is 0.457 bits per heavy atom. The summed E-state index contributed by atoms with van der Waals surface area (Å²) in [5.74, 6) is 3.34. The van der Waals surface area contributed by atoms with Gasteiger partial charge in [0, 0.05) is 39.2 Å². The molecule has 0 radical (unpaired) electrons. The molecule has 1 unspecified atom stereocenters. The van der Waals surface area contributed by atoms with Crippen LogP contribution in [0, 0.1) is 0 Å². The van der Waals surface area contributed by atoms with Crippen molar-refractivity contribution < 1.29 is 13.9 Å². The number of para-hydroxylation sites is 2. The van der Waals surface area contributed by atoms with Crippen LogP contribution in [0.25, 0.3) is 44.2 Å². The van der Waals surface area contributed by atoms with E-state index < -0.39 is 5.41 Å². The van der Waals surface area contributed by atoms with Crippen molar-refractivity contribution in [2.45, 2.75) is 5.41 Å². The highest BCUT2D eigenvalue weighted by molar-refractivity contribution is 6.12. The van der Waals surface area contributed by atoms with Gasteiger partial charge < -0.3 is 13.9 Å². The predicted octanol–water partition coefficient (Wildman–Crippen LogP) is 10.9. The Bertz CT molecular complexity index is 2480. The third-order valence-corrected chi connectivity index (χ3v) is 9.51. The number of pyridine rings is 1. The highest BCUT2D eigenvalue weighted by atomic mass is 16.5. The maximum atomic E-state index is 6.80. The van der Waals surface area contributed by atoms with Crippen LogP contribution in [0.3, 0.4) is 0 Å². The van der Waals surface area contributed by atoms with Gasteiger partial charge in [-0.2, -0.15) is 0 Å². The number of hydrogen-bond acceptors (Lipinski definition) is 4. The van der Waals surface area contributed by atoms with Crippen LogP contribution in [0.15, 0.2) is 156 Å². The predicted molar refractivity (Wildman–Crippen MR) is 181 cm³/mol. The SMILES string of the molecule is c1ccc(-c2ccc3c(c2)Oc2ccccc2C32c3ccccc3Oc3cc(-c4cccc5oc6cnccc6c45)ccc32)cc1. The molecule has 0 N–H and O–H groups in total. The van der Waals surface area contributed by atoms with E-state index in [4.69, 9.17) is 13.9 Å². The molecule has 46 heavy (non-hydrogen) atoms. The molecule has 1 spiro atoms. The summed E-state index contributed by atoms with van der Waals surface area (Å²) in [6.07, 6.45) is 3.59. The first kappa shape index (κ1) is 25.2. The van der Waals surface area contributed by atoms with Crippen molar-refractivity contribution in [1.82, 2.24) is 4.98 Å². The van der Waals surface area contributed by atoms with Crippen LogP contribution in [0.5, 0.6) is 23.0 Å². The fraction of sp³-hybridized carbons (Fsp3) is 0.0238. The Balaban J connectivity index is 1.25. The van der Waals surface area contributed by atoms with Gasteiger partial charge in [-0.25, -0.2) is 0 Å². The number of nitrogens with zero attached hydrogens (tertiary/aromatic N) is 1. The lowest BCUT2D eigenvalue weighted by atomic mass is 9.62. The van der Waals surface area contributed by atoms with Gasteiger partial charge in [-0.15, -0.1) is 0 Å². The van der Waals surface area contributed by atoms with Gasteiger partial charge in [0.05, 0.1) is 11.6 Å². The van der Waals surface area contributed by atoms with Crippen LogP contribution < -0.4 is 9.47 Å². The molecule has 2 aromatic heterocycles. The molecule has 4 heteroatoms. The molecule has 0 bridgehead atoms. The van der Waals surface area contributed by atoms with Crippen molar-refractivity contribution in [1.29, 1.82) is 0 Å². The molecular formula is C42H25NO3. The second-order valence-corrected chi connectivity index (χ2v) is 11.9. The summed E-state index contributed by atoms with van der Waals surface area (Å²) in [6.45, 7) is 0. The van der Waals surface area contributed by atoms with Gasteiger partial charge in [0.2, 0.25) is 0 Å². The first-order chi connectivity index (χ1) is 22.8. The zero-order valence-corrected chi connectivity index (χ0v) is 24.6. The van der Waals surface area contributed by atoms with E-state index >= 15 is 0 Å². The van der Waals surface area contributed by atoms with Crippen LogP contribution in [-0.2, 0) is 5.41 Å². The highest BCUT2D eigenvalue weighted by Crippen LogP contribution is 2.62. The smallest absolute Gasteiger partial charge is 0.153 e. The van der Waals surface area contributed by atoms with Crippen molar-refractivity contribution in [3.63, 3.8) is 0 Å². The molecule has 1 atom stereocenters. The molecule has 216 valence electrons. The zero-order chi connectivity index (χ0) is 30.2. The molecular weight excluding hydrogens is 566 g/mol. The summed E-state index contributed by atoms with van der Waals surface area (Å²) >= 11 is 0. The lowest BCUT2D eigenvalue weighted by Crippen LogP contribution is -2.36. The van der Waals surface area contributed by atoms with E-state index in [2.05, 4.69) is 108 Å². The number of hydrogen-bond donors (Lipinski definition) is 0. The maximum absolute atomic E-state index is 6.80. The third kappa shape index (κ3) is 3.41. The largest absolute Gasteiger partial charge is 0.457 e. The van der Waals surface area contributed by atoms with E-state index in [1.165, 1.54) is 0 Å². The van der Waals surface area contributed by atoms with Crippen LogP contribution in [-0.4, -0.2) is 4.98 Å². The average molecular weight is 592 g/mol. The minimum Gasteiger partial charge on any atom is -0.457 e. The molecule has 4 heterocycles. The minimum atomic E-state index is -0.651. The summed E-state index contributed by atoms with van der Waals surface area (Å²) in [5.41, 5.74) is 9.71. The third-order valence-electron chi connectivity index (χ3n) is 9.51. The second kappa shape index (κ2) is 9.43. The number of benzene rings is 6. The lowest BCUT2D eigenvalue weighted by Gasteiger charge is -2.45. The first-order valence-electron chi connectivity index (χ1n) is 15.4. The van der Waals surface area contributed by atoms with Crippen LogP contribution in [0.2, 0.25) is 0 Å². The van der Waals surface area contributed by atoms with Gasteiger partial charge >= 0.3 is 0 Å². The maximum Gasteiger partial charge on any atom is 0.153 e. The van der Waals surface area contributed by atoms with Crippen LogP contribution in [0.4, 0.5) is 0 Å². The van der Waals surface area contributed by atoms with E-state index in [1.54, 1.807) is 6.20 Å². The monoisotopic (exact) mass is 591 g/mol. The van der Waals surface area contributed by atoms with Gasteiger partial charge in [0.1, 0.15) is 28.6 Å². The van der Waals surface area contributed by atoms with E-state index in [0.29, 0.717) is 0 Å². The average Bonchev–Trinajstić information content (AvgIpc) is 3.50. The first-order valence-corrected chi connectivity index (χ1v) is 15.4. The standard InChI is InChI=1S/C42H25NO3/c1-2-9-26(10-3-1)27-17-19-33-38(23-27)44-35-14-6-4-12-31(35)42(33)32-13-5-7-15-36(32)45-39-24-28(18-20-34(39)42)29-11-8-16-37-41(29)30-21-22-43-25-40(30)46-37/h1-25H. The molecule has 0 fully saturated rings. The van der Waals surface area contributed by atoms with E-state index in [9.17, 15) is 0 Å². The van der Waals surface area contributed by atoms with Gasteiger partial charge in [-0.1, -0.05) is 103 Å². The summed E-state index contributed by atoms with van der Waals surface area (Å²) in [4.78, 5) is 4.27. The van der Waals surface area contributed by atoms with E-state index in [-0.39, 0.29) is 0 Å². The Hall–Kier alpha value is -6.13. The Kier molecular flexibility index (Phi) is 5.17. The fourth-order valence-electron chi connectivity index (χ4n) is 7.57. The normalized spacial score (nSPS) is 15.8. The van der Waals surface area contributed by atoms with E-state index in [0.717, 1.165) is 89.4 Å². The zero-order valence-electron chi connectivity index (χ0n) is 24.6. The van der Waals surface area contributed by atoms with Crippen molar-refractivity contribution in [3.8, 4) is 45.3 Å². The van der Waals surface area contributed by atoms with Crippen LogP contribution in [0.1, 0.15) is 22.3 Å². The van der Waals surface area contributed by atoms with Crippen LogP contribution >= 0.6 is 0 Å². The molecule has 4 nitrogen and oxygen atoms in total. The van der Waals surface area contributed by atoms with Crippen molar-refractivity contribution in [2.75, 3.05) is 0 Å². The van der Waals surface area contributed by atoms with Crippen molar-refractivity contribution in [3.05, 3.63) is 174 Å². The summed E-state index contributed by atoms with van der Waals surface area (Å²) < 4.78 is 19.7. The number of furan rings is 1. The van der Waals surface area contributed by atoms with Crippen molar-refractivity contribution in [2.24, 2.45) is 0 Å². The van der Waals surface area contributed by atoms with Gasteiger partial charge in [-0.05, 0) is 58.7 Å². The topological polar surface area (TPSA) is 44.5 Å². The molecule has 8 aromatic rings. The molecule has 10 rings (SSSR count). The molecule has 6 aromatic carbocycles. The van der Waals surface area contributed by atoms with Gasteiger partial charge in [0.15, 0.2) is 5.58 Å². The Labute approximate surface area is 265 Å². The highest BCUT2D eigenvalue weighted by Gasteiger charge is 2.50. The molecule has 0 aliphatic carbocycles. The number of aromatic nitrogens is 1. The molecule has 0 saturated carbocycles. The summed E-state index contributed by atoms with van der Waals surface area (Å²) in [7, 11) is 0. The molecule has 0 saturated heterocycles. The molecule has 0 amide bonds. The van der Waals surface area contributed by atoms with Crippen molar-refractivity contribution >= 4 is 21.9 Å². The number of ether oxygens (including phenoxy) is 2. The molecule has 2 aliphatic rings. The Morgan fingerprint density at radius 2 is 1.09 bits per heavy atom. The second-order valence-electron chi connectivity index (χ2n) is 11.9. The summed E-state index contributed by atoms with van der Waals surface area (Å²) in [5, 5.41) is 2.11. The number of fused-ring (bicyclic) bond motifs is 11. The fourth-order valence-corrected chi connectivity index (χ4v) is 7.57. The van der Waals surface area contributed by atoms with Gasteiger partial charge in [0.25, 0.3) is 0 Å². The lowest BCUT2D eigenvalue weighted by molar-refractivity contribution is 0.399.